The van der Waals surface area contributed by atoms with Crippen LogP contribution in [0.15, 0.2) is 12.4 Å². The van der Waals surface area contributed by atoms with E-state index in [2.05, 4.69) is 15.3 Å². The molecule has 1 atom stereocenters. The Bertz CT molecular complexity index is 666. The lowest BCUT2D eigenvalue weighted by molar-refractivity contribution is -0.139. The zero-order valence-corrected chi connectivity index (χ0v) is 16.0. The standard InChI is InChI=1S/C19H29N5O3/c1-2-20-18-21-11-15(12-22-18)17(27)24-8-3-6-19(14-24)7-5-16(26)23(13-19)9-4-10-25/h11-12,25H,2-10,13-14H2,1H3,(H,20,21,22). The summed E-state index contributed by atoms with van der Waals surface area (Å²) in [5.41, 5.74) is 0.458. The number of piperidine rings is 2. The second-order valence-electron chi connectivity index (χ2n) is 7.55. The first-order valence-corrected chi connectivity index (χ1v) is 9.81. The quantitative estimate of drug-likeness (QED) is 0.774. The first kappa shape index (κ1) is 19.5. The van der Waals surface area contributed by atoms with Crippen LogP contribution >= 0.6 is 0 Å². The van der Waals surface area contributed by atoms with Crippen LogP contribution in [0.3, 0.4) is 0 Å². The van der Waals surface area contributed by atoms with Crippen molar-refractivity contribution in [2.45, 2.75) is 39.0 Å². The highest BCUT2D eigenvalue weighted by atomic mass is 16.3. The zero-order chi connectivity index (χ0) is 19.3. The Kier molecular flexibility index (Phi) is 6.26. The van der Waals surface area contributed by atoms with Crippen LogP contribution < -0.4 is 5.32 Å². The van der Waals surface area contributed by atoms with Crippen molar-refractivity contribution in [3.63, 3.8) is 0 Å². The minimum absolute atomic E-state index is 0.0398. The van der Waals surface area contributed by atoms with E-state index >= 15 is 0 Å². The molecule has 0 aromatic carbocycles. The average molecular weight is 375 g/mol. The molecule has 1 unspecified atom stereocenters. The van der Waals surface area contributed by atoms with E-state index in [1.165, 1.54) is 0 Å². The minimum Gasteiger partial charge on any atom is -0.396 e. The van der Waals surface area contributed by atoms with Crippen molar-refractivity contribution in [1.82, 2.24) is 19.8 Å². The number of likely N-dealkylation sites (tertiary alicyclic amines) is 2. The molecule has 8 nitrogen and oxygen atoms in total. The maximum atomic E-state index is 12.9. The number of aliphatic hydroxyl groups excluding tert-OH is 1. The number of amides is 2. The maximum absolute atomic E-state index is 12.9. The largest absolute Gasteiger partial charge is 0.396 e. The van der Waals surface area contributed by atoms with Crippen LogP contribution in [0.5, 0.6) is 0 Å². The first-order chi connectivity index (χ1) is 13.1. The van der Waals surface area contributed by atoms with Gasteiger partial charge in [-0.1, -0.05) is 0 Å². The van der Waals surface area contributed by atoms with Crippen LogP contribution in [-0.4, -0.2) is 76.0 Å². The molecule has 8 heteroatoms. The third-order valence-electron chi connectivity index (χ3n) is 5.52. The van der Waals surface area contributed by atoms with E-state index in [1.54, 1.807) is 12.4 Å². The number of nitrogens with one attached hydrogen (secondary N) is 1. The highest BCUT2D eigenvalue weighted by molar-refractivity contribution is 5.93. The smallest absolute Gasteiger partial charge is 0.257 e. The van der Waals surface area contributed by atoms with Crippen molar-refractivity contribution in [2.24, 2.45) is 5.41 Å². The molecule has 3 rings (SSSR count). The average Bonchev–Trinajstić information content (AvgIpc) is 2.69. The highest BCUT2D eigenvalue weighted by Crippen LogP contribution is 2.39. The molecule has 148 valence electrons. The number of carbonyl (C=O) groups is 2. The predicted molar refractivity (Wildman–Crippen MR) is 101 cm³/mol. The Morgan fingerprint density at radius 2 is 2.07 bits per heavy atom. The Morgan fingerprint density at radius 3 is 2.78 bits per heavy atom. The van der Waals surface area contributed by atoms with Crippen LogP contribution in [-0.2, 0) is 4.79 Å². The molecule has 1 aromatic rings. The third-order valence-corrected chi connectivity index (χ3v) is 5.52. The predicted octanol–water partition coefficient (Wildman–Crippen LogP) is 1.14. The van der Waals surface area contributed by atoms with E-state index in [1.807, 2.05) is 16.7 Å². The second-order valence-corrected chi connectivity index (χ2v) is 7.55. The first-order valence-electron chi connectivity index (χ1n) is 9.81. The molecule has 0 radical (unpaired) electrons. The van der Waals surface area contributed by atoms with Crippen molar-refractivity contribution in [3.05, 3.63) is 18.0 Å². The number of rotatable bonds is 6. The molecule has 27 heavy (non-hydrogen) atoms. The van der Waals surface area contributed by atoms with Gasteiger partial charge in [-0.25, -0.2) is 9.97 Å². The summed E-state index contributed by atoms with van der Waals surface area (Å²) in [6, 6.07) is 0. The lowest BCUT2D eigenvalue weighted by Crippen LogP contribution is -2.55. The van der Waals surface area contributed by atoms with Crippen LogP contribution in [0.1, 0.15) is 49.4 Å². The van der Waals surface area contributed by atoms with Crippen molar-refractivity contribution in [3.8, 4) is 0 Å². The molecule has 2 saturated heterocycles. The lowest BCUT2D eigenvalue weighted by Gasteiger charge is -2.48. The Morgan fingerprint density at radius 1 is 1.30 bits per heavy atom. The number of hydrogen-bond acceptors (Lipinski definition) is 6. The van der Waals surface area contributed by atoms with Crippen molar-refractivity contribution >= 4 is 17.8 Å². The molecule has 2 aliphatic rings. The lowest BCUT2D eigenvalue weighted by atomic mass is 9.73. The van der Waals surface area contributed by atoms with Gasteiger partial charge in [0.2, 0.25) is 11.9 Å². The van der Waals surface area contributed by atoms with Gasteiger partial charge in [0.15, 0.2) is 0 Å². The summed E-state index contributed by atoms with van der Waals surface area (Å²) in [7, 11) is 0. The molecule has 2 amide bonds. The fourth-order valence-electron chi connectivity index (χ4n) is 4.15. The van der Waals surface area contributed by atoms with Crippen LogP contribution in [0.2, 0.25) is 0 Å². The van der Waals surface area contributed by atoms with Crippen molar-refractivity contribution in [1.29, 1.82) is 0 Å². The molecule has 1 spiro atoms. The van der Waals surface area contributed by atoms with E-state index in [9.17, 15) is 9.59 Å². The number of anilines is 1. The molecule has 2 fully saturated rings. The van der Waals surface area contributed by atoms with Gasteiger partial charge in [-0.05, 0) is 32.6 Å². The fourth-order valence-corrected chi connectivity index (χ4v) is 4.15. The third kappa shape index (κ3) is 4.55. The van der Waals surface area contributed by atoms with Crippen LogP contribution in [0, 0.1) is 5.41 Å². The van der Waals surface area contributed by atoms with Crippen LogP contribution in [0.4, 0.5) is 5.95 Å². The van der Waals surface area contributed by atoms with Crippen LogP contribution in [0.25, 0.3) is 0 Å². The molecule has 2 aliphatic heterocycles. The van der Waals surface area contributed by atoms with E-state index in [0.717, 1.165) is 32.4 Å². The number of nitrogens with zero attached hydrogens (tertiary/aromatic N) is 4. The molecule has 0 saturated carbocycles. The summed E-state index contributed by atoms with van der Waals surface area (Å²) in [6.45, 7) is 5.42. The second kappa shape index (κ2) is 8.65. The van der Waals surface area contributed by atoms with E-state index in [4.69, 9.17) is 5.11 Å². The summed E-state index contributed by atoms with van der Waals surface area (Å²) in [5, 5.41) is 12.1. The summed E-state index contributed by atoms with van der Waals surface area (Å²) in [4.78, 5) is 37.3. The summed E-state index contributed by atoms with van der Waals surface area (Å²) < 4.78 is 0. The Labute approximate surface area is 160 Å². The highest BCUT2D eigenvalue weighted by Gasteiger charge is 2.42. The molecule has 0 aliphatic carbocycles. The van der Waals surface area contributed by atoms with Gasteiger partial charge in [-0.2, -0.15) is 0 Å². The van der Waals surface area contributed by atoms with E-state index in [0.29, 0.717) is 44.0 Å². The van der Waals surface area contributed by atoms with Crippen molar-refractivity contribution < 1.29 is 14.7 Å². The van der Waals surface area contributed by atoms with Gasteiger partial charge in [-0.3, -0.25) is 9.59 Å². The summed E-state index contributed by atoms with van der Waals surface area (Å²) >= 11 is 0. The molecule has 2 N–H and O–H groups in total. The van der Waals surface area contributed by atoms with Gasteiger partial charge in [0.05, 0.1) is 5.56 Å². The number of aliphatic hydroxyl groups is 1. The van der Waals surface area contributed by atoms with Crippen molar-refractivity contribution in [2.75, 3.05) is 44.6 Å². The van der Waals surface area contributed by atoms with E-state index in [-0.39, 0.29) is 23.8 Å². The van der Waals surface area contributed by atoms with Gasteiger partial charge < -0.3 is 20.2 Å². The fraction of sp³-hybridized carbons (Fsp3) is 0.684. The summed E-state index contributed by atoms with van der Waals surface area (Å²) in [5.74, 6) is 0.635. The molecule has 3 heterocycles. The maximum Gasteiger partial charge on any atom is 0.257 e. The Balaban J connectivity index is 1.67. The van der Waals surface area contributed by atoms with E-state index < -0.39 is 0 Å². The Hall–Kier alpha value is -2.22. The SMILES string of the molecule is CCNc1ncc(C(=O)N2CCCC3(CCC(=O)N(CCCO)C3)C2)cn1. The van der Waals surface area contributed by atoms with Gasteiger partial charge in [0.25, 0.3) is 5.91 Å². The topological polar surface area (TPSA) is 98.7 Å². The molecular weight excluding hydrogens is 346 g/mol. The number of aromatic nitrogens is 2. The monoisotopic (exact) mass is 375 g/mol. The number of carbonyl (C=O) groups excluding carboxylic acids is 2. The normalized spacial score (nSPS) is 23.0. The van der Waals surface area contributed by atoms with Gasteiger partial charge in [0.1, 0.15) is 0 Å². The zero-order valence-electron chi connectivity index (χ0n) is 16.0. The summed E-state index contributed by atoms with van der Waals surface area (Å²) in [6.07, 6.45) is 7.05. The molecule has 1 aromatic heterocycles. The van der Waals surface area contributed by atoms with Gasteiger partial charge in [-0.15, -0.1) is 0 Å². The number of hydrogen-bond donors (Lipinski definition) is 2. The van der Waals surface area contributed by atoms with Gasteiger partial charge in [0, 0.05) is 63.6 Å². The minimum atomic E-state index is -0.0454. The molecule has 0 bridgehead atoms. The molecular formula is C19H29N5O3. The van der Waals surface area contributed by atoms with Gasteiger partial charge >= 0.3 is 0 Å².